The van der Waals surface area contributed by atoms with Gasteiger partial charge >= 0.3 is 0 Å². The number of hydrogen-bond acceptors (Lipinski definition) is 3. The Morgan fingerprint density at radius 3 is 2.85 bits per heavy atom. The predicted molar refractivity (Wildman–Crippen MR) is 102 cm³/mol. The van der Waals surface area contributed by atoms with Crippen LogP contribution in [0.3, 0.4) is 0 Å². The molecule has 0 radical (unpaired) electrons. The van der Waals surface area contributed by atoms with Crippen molar-refractivity contribution in [3.63, 3.8) is 0 Å². The second-order valence-electron chi connectivity index (χ2n) is 6.75. The van der Waals surface area contributed by atoms with Crippen LogP contribution >= 0.6 is 23.2 Å². The van der Waals surface area contributed by atoms with Gasteiger partial charge in [0.15, 0.2) is 0 Å². The van der Waals surface area contributed by atoms with Gasteiger partial charge in [0.2, 0.25) is 0 Å². The van der Waals surface area contributed by atoms with Gasteiger partial charge in [-0.3, -0.25) is 4.79 Å². The molecule has 2 aliphatic rings. The normalized spacial score (nSPS) is 16.7. The summed E-state index contributed by atoms with van der Waals surface area (Å²) >= 11 is 12.2. The molecule has 0 atom stereocenters. The van der Waals surface area contributed by atoms with Crippen LogP contribution in [0.2, 0.25) is 10.0 Å². The molecular weight excluding hydrogens is 373 g/mol. The van der Waals surface area contributed by atoms with Crippen LogP contribution in [0.15, 0.2) is 36.4 Å². The van der Waals surface area contributed by atoms with Gasteiger partial charge in [0.1, 0.15) is 11.4 Å². The summed E-state index contributed by atoms with van der Waals surface area (Å²) in [5.41, 5.74) is 1.92. The highest BCUT2D eigenvalue weighted by molar-refractivity contribution is 6.33. The third-order valence-corrected chi connectivity index (χ3v) is 5.57. The summed E-state index contributed by atoms with van der Waals surface area (Å²) in [5, 5.41) is 1.18. The number of para-hydroxylation sites is 1. The molecule has 1 amide bonds. The van der Waals surface area contributed by atoms with E-state index in [1.807, 2.05) is 18.2 Å². The summed E-state index contributed by atoms with van der Waals surface area (Å²) in [6.45, 7) is 0.908. The molecule has 0 unspecified atom stereocenters. The van der Waals surface area contributed by atoms with E-state index in [9.17, 15) is 4.79 Å². The zero-order valence-corrected chi connectivity index (χ0v) is 15.9. The summed E-state index contributed by atoms with van der Waals surface area (Å²) < 4.78 is 11.7. The lowest BCUT2D eigenvalue weighted by Crippen LogP contribution is -2.40. The van der Waals surface area contributed by atoms with Crippen LogP contribution in [-0.2, 0) is 22.6 Å². The lowest BCUT2D eigenvalue weighted by Gasteiger charge is -2.25. The molecular formula is C20H19Cl2NO3. The smallest absolute Gasteiger partial charge is 0.259 e. The highest BCUT2D eigenvalue weighted by Crippen LogP contribution is 2.45. The maximum Gasteiger partial charge on any atom is 0.259 e. The maximum atomic E-state index is 13.1. The molecule has 2 aromatic rings. The highest BCUT2D eigenvalue weighted by Gasteiger charge is 2.53. The molecule has 1 heterocycles. The average molecular weight is 392 g/mol. The standard InChI is InChI=1S/C20H19Cl2NO3/c1-23(17-4-2-3-13-7-10-25-18(13)17)19(24)20(8-9-20)26-12-14-11-15(21)5-6-16(14)22/h2-6,11H,7-10,12H2,1H3. The van der Waals surface area contributed by atoms with E-state index >= 15 is 0 Å². The van der Waals surface area contributed by atoms with E-state index in [0.717, 1.165) is 29.0 Å². The van der Waals surface area contributed by atoms with Crippen LogP contribution in [0.25, 0.3) is 0 Å². The lowest BCUT2D eigenvalue weighted by atomic mass is 10.1. The first-order valence-corrected chi connectivity index (χ1v) is 9.36. The van der Waals surface area contributed by atoms with Gasteiger partial charge < -0.3 is 14.4 Å². The molecule has 4 nitrogen and oxygen atoms in total. The summed E-state index contributed by atoms with van der Waals surface area (Å²) in [4.78, 5) is 14.7. The number of fused-ring (bicyclic) bond motifs is 1. The Morgan fingerprint density at radius 1 is 1.27 bits per heavy atom. The Hall–Kier alpha value is -1.75. The summed E-state index contributed by atoms with van der Waals surface area (Å²) in [6, 6.07) is 11.1. The van der Waals surface area contributed by atoms with Gasteiger partial charge in [0, 0.05) is 23.5 Å². The molecule has 26 heavy (non-hydrogen) atoms. The molecule has 136 valence electrons. The number of likely N-dealkylation sites (N-methyl/N-ethyl adjacent to an activating group) is 1. The van der Waals surface area contributed by atoms with Crippen LogP contribution in [0.4, 0.5) is 5.69 Å². The Bertz CT molecular complexity index is 864. The first-order chi connectivity index (χ1) is 12.5. The number of amides is 1. The Labute approximate surface area is 162 Å². The van der Waals surface area contributed by atoms with Gasteiger partial charge in [-0.1, -0.05) is 35.3 Å². The average Bonchev–Trinajstić information content (AvgIpc) is 3.28. The van der Waals surface area contributed by atoms with Gasteiger partial charge in [-0.2, -0.15) is 0 Å². The van der Waals surface area contributed by atoms with Crippen molar-refractivity contribution in [1.29, 1.82) is 0 Å². The van der Waals surface area contributed by atoms with Gasteiger partial charge in [-0.25, -0.2) is 0 Å². The molecule has 2 aromatic carbocycles. The Balaban J connectivity index is 1.51. The van der Waals surface area contributed by atoms with Crippen LogP contribution in [-0.4, -0.2) is 25.2 Å². The first-order valence-electron chi connectivity index (χ1n) is 8.61. The number of rotatable bonds is 5. The fourth-order valence-corrected chi connectivity index (χ4v) is 3.65. The zero-order valence-electron chi connectivity index (χ0n) is 14.4. The fourth-order valence-electron chi connectivity index (χ4n) is 3.28. The van der Waals surface area contributed by atoms with Gasteiger partial charge in [0.05, 0.1) is 18.9 Å². The van der Waals surface area contributed by atoms with Crippen molar-refractivity contribution in [2.75, 3.05) is 18.6 Å². The number of carbonyl (C=O) groups is 1. The van der Waals surface area contributed by atoms with Crippen LogP contribution in [0.1, 0.15) is 24.0 Å². The molecule has 0 N–H and O–H groups in total. The third-order valence-electron chi connectivity index (χ3n) is 4.97. The molecule has 1 saturated carbocycles. The molecule has 0 aromatic heterocycles. The van der Waals surface area contributed by atoms with Crippen molar-refractivity contribution in [3.8, 4) is 5.75 Å². The van der Waals surface area contributed by atoms with E-state index in [1.54, 1.807) is 30.1 Å². The third kappa shape index (κ3) is 3.18. The molecule has 1 fully saturated rings. The summed E-state index contributed by atoms with van der Waals surface area (Å²) in [7, 11) is 1.77. The summed E-state index contributed by atoms with van der Waals surface area (Å²) in [6.07, 6.45) is 2.27. The van der Waals surface area contributed by atoms with Crippen molar-refractivity contribution in [2.45, 2.75) is 31.5 Å². The SMILES string of the molecule is CN(C(=O)C1(OCc2cc(Cl)ccc2Cl)CC1)c1cccc2c1OCC2. The van der Waals surface area contributed by atoms with Gasteiger partial charge in [-0.15, -0.1) is 0 Å². The van der Waals surface area contributed by atoms with E-state index in [-0.39, 0.29) is 12.5 Å². The van der Waals surface area contributed by atoms with Crippen LogP contribution < -0.4 is 9.64 Å². The van der Waals surface area contributed by atoms with Crippen molar-refractivity contribution in [1.82, 2.24) is 0 Å². The largest absolute Gasteiger partial charge is 0.491 e. The topological polar surface area (TPSA) is 38.8 Å². The molecule has 6 heteroatoms. The Kier molecular flexibility index (Phi) is 4.59. The highest BCUT2D eigenvalue weighted by atomic mass is 35.5. The van der Waals surface area contributed by atoms with Gasteiger partial charge in [-0.05, 0) is 48.2 Å². The molecule has 4 rings (SSSR count). The number of nitrogens with zero attached hydrogens (tertiary/aromatic N) is 1. The summed E-state index contributed by atoms with van der Waals surface area (Å²) in [5.74, 6) is 0.747. The monoisotopic (exact) mass is 391 g/mol. The van der Waals surface area contributed by atoms with Crippen molar-refractivity contribution in [2.24, 2.45) is 0 Å². The second kappa shape index (κ2) is 6.76. The molecule has 0 bridgehead atoms. The second-order valence-corrected chi connectivity index (χ2v) is 7.59. The predicted octanol–water partition coefficient (Wildman–Crippen LogP) is 4.64. The van der Waals surface area contributed by atoms with Gasteiger partial charge in [0.25, 0.3) is 5.91 Å². The number of carbonyl (C=O) groups excluding carboxylic acids is 1. The maximum absolute atomic E-state index is 13.1. The molecule has 1 aliphatic carbocycles. The zero-order chi connectivity index (χ0) is 18.3. The van der Waals surface area contributed by atoms with Crippen molar-refractivity contribution >= 4 is 34.8 Å². The van der Waals surface area contributed by atoms with E-state index in [2.05, 4.69) is 0 Å². The molecule has 0 saturated heterocycles. The number of benzene rings is 2. The molecule has 1 aliphatic heterocycles. The van der Waals surface area contributed by atoms with Crippen molar-refractivity contribution in [3.05, 3.63) is 57.6 Å². The number of hydrogen-bond donors (Lipinski definition) is 0. The fraction of sp³-hybridized carbons (Fsp3) is 0.350. The van der Waals surface area contributed by atoms with E-state index in [4.69, 9.17) is 32.7 Å². The number of ether oxygens (including phenoxy) is 2. The van der Waals surface area contributed by atoms with E-state index < -0.39 is 5.60 Å². The molecule has 0 spiro atoms. The van der Waals surface area contributed by atoms with Crippen LogP contribution in [0, 0.1) is 0 Å². The minimum atomic E-state index is -0.790. The quantitative estimate of drug-likeness (QED) is 0.744. The number of anilines is 1. The first kappa shape index (κ1) is 17.7. The van der Waals surface area contributed by atoms with Crippen molar-refractivity contribution < 1.29 is 14.3 Å². The Morgan fingerprint density at radius 2 is 2.08 bits per heavy atom. The lowest BCUT2D eigenvalue weighted by molar-refractivity contribution is -0.133. The minimum Gasteiger partial charge on any atom is -0.491 e. The number of halogens is 2. The minimum absolute atomic E-state index is 0.0560. The van der Waals surface area contributed by atoms with E-state index in [1.165, 1.54) is 0 Å². The van der Waals surface area contributed by atoms with Crippen LogP contribution in [0.5, 0.6) is 5.75 Å². The van der Waals surface area contributed by atoms with E-state index in [0.29, 0.717) is 29.5 Å².